The molecule has 1 aromatic rings. The lowest BCUT2D eigenvalue weighted by atomic mass is 9.96. The van der Waals surface area contributed by atoms with Crippen LogP contribution in [0.15, 0.2) is 30.3 Å². The molecule has 1 heteroatoms. The molecule has 0 radical (unpaired) electrons. The van der Waals surface area contributed by atoms with Gasteiger partial charge in [-0.3, -0.25) is 4.90 Å². The number of rotatable bonds is 4. The van der Waals surface area contributed by atoms with Gasteiger partial charge >= 0.3 is 0 Å². The first-order chi connectivity index (χ1) is 8.69. The Morgan fingerprint density at radius 1 is 1.17 bits per heavy atom. The van der Waals surface area contributed by atoms with Crippen LogP contribution in [0, 0.1) is 5.92 Å². The van der Waals surface area contributed by atoms with Crippen molar-refractivity contribution in [1.29, 1.82) is 0 Å². The van der Waals surface area contributed by atoms with E-state index in [-0.39, 0.29) is 0 Å². The zero-order valence-electron chi connectivity index (χ0n) is 11.9. The van der Waals surface area contributed by atoms with E-state index in [9.17, 15) is 0 Å². The summed E-state index contributed by atoms with van der Waals surface area (Å²) in [5.74, 6) is 0.739. The molecule has 0 aromatic heterocycles. The van der Waals surface area contributed by atoms with Crippen LogP contribution in [-0.2, 0) is 6.42 Å². The molecule has 1 aliphatic heterocycles. The lowest BCUT2D eigenvalue weighted by Crippen LogP contribution is -2.27. The maximum Gasteiger partial charge on any atom is 0.0169 e. The predicted molar refractivity (Wildman–Crippen MR) is 79.7 cm³/mol. The molecule has 0 bridgehead atoms. The van der Waals surface area contributed by atoms with Crippen LogP contribution in [0.5, 0.6) is 0 Å². The van der Waals surface area contributed by atoms with Crippen LogP contribution in [0.2, 0.25) is 0 Å². The zero-order chi connectivity index (χ0) is 13.0. The SMILES string of the molecule is CCN1CC=C(c2ccc(CC(C)C)cc2)CC1. The van der Waals surface area contributed by atoms with Gasteiger partial charge < -0.3 is 0 Å². The van der Waals surface area contributed by atoms with Crippen LogP contribution >= 0.6 is 0 Å². The molecular weight excluding hydrogens is 218 g/mol. The molecule has 1 heterocycles. The van der Waals surface area contributed by atoms with Crippen LogP contribution in [0.3, 0.4) is 0 Å². The second-order valence-electron chi connectivity index (χ2n) is 5.67. The number of hydrogen-bond acceptors (Lipinski definition) is 1. The normalized spacial score (nSPS) is 17.0. The summed E-state index contributed by atoms with van der Waals surface area (Å²) in [6.45, 7) is 10.3. The van der Waals surface area contributed by atoms with E-state index >= 15 is 0 Å². The van der Waals surface area contributed by atoms with Crippen molar-refractivity contribution in [2.24, 2.45) is 5.92 Å². The van der Waals surface area contributed by atoms with Gasteiger partial charge in [0.25, 0.3) is 0 Å². The van der Waals surface area contributed by atoms with E-state index in [0.717, 1.165) is 19.0 Å². The largest absolute Gasteiger partial charge is 0.300 e. The molecule has 1 aromatic carbocycles. The van der Waals surface area contributed by atoms with E-state index in [1.54, 1.807) is 0 Å². The molecule has 98 valence electrons. The molecule has 0 aliphatic carbocycles. The Morgan fingerprint density at radius 3 is 2.39 bits per heavy atom. The predicted octanol–water partition coefficient (Wildman–Crippen LogP) is 3.99. The molecular formula is C17H25N. The minimum atomic E-state index is 0.739. The van der Waals surface area contributed by atoms with Crippen molar-refractivity contribution in [2.45, 2.75) is 33.6 Å². The molecule has 0 saturated heterocycles. The highest BCUT2D eigenvalue weighted by Gasteiger charge is 2.11. The lowest BCUT2D eigenvalue weighted by molar-refractivity contribution is 0.319. The standard InChI is InChI=1S/C17H25N/c1-4-18-11-9-17(10-12-18)16-7-5-15(6-8-16)13-14(2)3/h5-9,14H,4,10-13H2,1-3H3. The molecule has 18 heavy (non-hydrogen) atoms. The van der Waals surface area contributed by atoms with E-state index in [1.165, 1.54) is 36.1 Å². The molecule has 0 unspecified atom stereocenters. The van der Waals surface area contributed by atoms with Crippen LogP contribution in [0.25, 0.3) is 5.57 Å². The molecule has 2 rings (SSSR count). The first-order valence-corrected chi connectivity index (χ1v) is 7.19. The number of benzene rings is 1. The maximum atomic E-state index is 2.48. The number of likely N-dealkylation sites (N-methyl/N-ethyl adjacent to an activating group) is 1. The topological polar surface area (TPSA) is 3.24 Å². The zero-order valence-corrected chi connectivity index (χ0v) is 11.9. The summed E-state index contributed by atoms with van der Waals surface area (Å²) in [5, 5.41) is 0. The van der Waals surface area contributed by atoms with Crippen molar-refractivity contribution in [3.8, 4) is 0 Å². The molecule has 0 N–H and O–H groups in total. The fourth-order valence-electron chi connectivity index (χ4n) is 2.59. The maximum absolute atomic E-state index is 2.48. The average molecular weight is 243 g/mol. The van der Waals surface area contributed by atoms with Crippen molar-refractivity contribution in [3.63, 3.8) is 0 Å². The first-order valence-electron chi connectivity index (χ1n) is 7.19. The van der Waals surface area contributed by atoms with E-state index in [1.807, 2.05) is 0 Å². The Morgan fingerprint density at radius 2 is 1.89 bits per heavy atom. The number of nitrogens with zero attached hydrogens (tertiary/aromatic N) is 1. The third-order valence-electron chi connectivity index (χ3n) is 3.71. The second kappa shape index (κ2) is 6.19. The van der Waals surface area contributed by atoms with Crippen molar-refractivity contribution < 1.29 is 0 Å². The Balaban J connectivity index is 2.04. The first kappa shape index (κ1) is 13.4. The van der Waals surface area contributed by atoms with Crippen molar-refractivity contribution in [1.82, 2.24) is 4.90 Å². The van der Waals surface area contributed by atoms with E-state index in [2.05, 4.69) is 56.0 Å². The van der Waals surface area contributed by atoms with Crippen LogP contribution in [0.1, 0.15) is 38.3 Å². The Kier molecular flexibility index (Phi) is 4.60. The molecule has 1 nitrogen and oxygen atoms in total. The fraction of sp³-hybridized carbons (Fsp3) is 0.529. The molecule has 0 atom stereocenters. The molecule has 0 saturated carbocycles. The summed E-state index contributed by atoms with van der Waals surface area (Å²) in [5.41, 5.74) is 4.40. The molecule has 0 fully saturated rings. The Bertz CT molecular complexity index is 400. The third-order valence-corrected chi connectivity index (χ3v) is 3.71. The van der Waals surface area contributed by atoms with Crippen molar-refractivity contribution >= 4 is 5.57 Å². The van der Waals surface area contributed by atoms with Gasteiger partial charge in [0.1, 0.15) is 0 Å². The van der Waals surface area contributed by atoms with Gasteiger partial charge in [-0.1, -0.05) is 51.1 Å². The monoisotopic (exact) mass is 243 g/mol. The fourth-order valence-corrected chi connectivity index (χ4v) is 2.59. The molecule has 0 spiro atoms. The summed E-state index contributed by atoms with van der Waals surface area (Å²) in [4.78, 5) is 2.48. The van der Waals surface area contributed by atoms with Crippen LogP contribution in [0.4, 0.5) is 0 Å². The van der Waals surface area contributed by atoms with Gasteiger partial charge in [0.2, 0.25) is 0 Å². The highest BCUT2D eigenvalue weighted by atomic mass is 15.1. The van der Waals surface area contributed by atoms with Gasteiger partial charge in [-0.15, -0.1) is 0 Å². The summed E-state index contributed by atoms with van der Waals surface area (Å²) in [6.07, 6.45) is 4.77. The Labute approximate surface area is 112 Å². The third kappa shape index (κ3) is 3.46. The summed E-state index contributed by atoms with van der Waals surface area (Å²) in [7, 11) is 0. The molecule has 1 aliphatic rings. The van der Waals surface area contributed by atoms with E-state index in [4.69, 9.17) is 0 Å². The smallest absolute Gasteiger partial charge is 0.0169 e. The quantitative estimate of drug-likeness (QED) is 0.772. The van der Waals surface area contributed by atoms with Gasteiger partial charge in [-0.05, 0) is 42.0 Å². The minimum absolute atomic E-state index is 0.739. The Hall–Kier alpha value is -1.08. The van der Waals surface area contributed by atoms with Crippen LogP contribution in [-0.4, -0.2) is 24.5 Å². The van der Waals surface area contributed by atoms with Gasteiger partial charge in [0.05, 0.1) is 0 Å². The average Bonchev–Trinajstić information content (AvgIpc) is 2.39. The molecule has 0 amide bonds. The van der Waals surface area contributed by atoms with Crippen molar-refractivity contribution in [3.05, 3.63) is 41.5 Å². The van der Waals surface area contributed by atoms with E-state index < -0.39 is 0 Å². The summed E-state index contributed by atoms with van der Waals surface area (Å²) in [6, 6.07) is 9.18. The van der Waals surface area contributed by atoms with Crippen LogP contribution < -0.4 is 0 Å². The second-order valence-corrected chi connectivity index (χ2v) is 5.67. The van der Waals surface area contributed by atoms with Gasteiger partial charge in [-0.25, -0.2) is 0 Å². The van der Waals surface area contributed by atoms with Gasteiger partial charge in [0.15, 0.2) is 0 Å². The highest BCUT2D eigenvalue weighted by molar-refractivity contribution is 5.66. The highest BCUT2D eigenvalue weighted by Crippen LogP contribution is 2.23. The van der Waals surface area contributed by atoms with E-state index in [0.29, 0.717) is 0 Å². The summed E-state index contributed by atoms with van der Waals surface area (Å²) < 4.78 is 0. The van der Waals surface area contributed by atoms with Crippen molar-refractivity contribution in [2.75, 3.05) is 19.6 Å². The van der Waals surface area contributed by atoms with Gasteiger partial charge in [-0.2, -0.15) is 0 Å². The minimum Gasteiger partial charge on any atom is -0.300 e. The summed E-state index contributed by atoms with van der Waals surface area (Å²) >= 11 is 0. The number of hydrogen-bond donors (Lipinski definition) is 0. The lowest BCUT2D eigenvalue weighted by Gasteiger charge is -2.25. The van der Waals surface area contributed by atoms with Gasteiger partial charge in [0, 0.05) is 13.1 Å².